The summed E-state index contributed by atoms with van der Waals surface area (Å²) in [7, 11) is 1.71. The number of ether oxygens (including phenoxy) is 3. The molecular weight excluding hydrogens is 348 g/mol. The van der Waals surface area contributed by atoms with Gasteiger partial charge in [-0.1, -0.05) is 20.8 Å². The van der Waals surface area contributed by atoms with Crippen LogP contribution in [-0.4, -0.2) is 37.9 Å². The minimum Gasteiger partial charge on any atom is -0.492 e. The van der Waals surface area contributed by atoms with E-state index in [1.807, 2.05) is 18.2 Å². The van der Waals surface area contributed by atoms with Crippen molar-refractivity contribution in [3.8, 4) is 17.2 Å². The van der Waals surface area contributed by atoms with Crippen molar-refractivity contribution in [1.29, 1.82) is 0 Å². The van der Waals surface area contributed by atoms with Gasteiger partial charge in [-0.2, -0.15) is 0 Å². The highest BCUT2D eigenvalue weighted by Crippen LogP contribution is 2.34. The largest absolute Gasteiger partial charge is 0.492 e. The molecule has 0 atom stereocenters. The lowest BCUT2D eigenvalue weighted by molar-refractivity contribution is 0.173. The Kier molecular flexibility index (Phi) is 5.73. The van der Waals surface area contributed by atoms with Crippen LogP contribution < -0.4 is 24.8 Å². The summed E-state index contributed by atoms with van der Waals surface area (Å²) in [6, 6.07) is 5.52. The molecule has 3 rings (SSSR count). The van der Waals surface area contributed by atoms with Gasteiger partial charge in [0.25, 0.3) is 0 Å². The number of hydrogen-bond donors (Lipinski definition) is 2. The molecule has 0 spiro atoms. The van der Waals surface area contributed by atoms with Crippen LogP contribution in [0, 0.1) is 0 Å². The SMILES string of the molecule is CN=C(NCCOc1ccc2c(c1)OCO2)NCc1ncc(C(C)(C)C)o1. The maximum absolute atomic E-state index is 5.76. The summed E-state index contributed by atoms with van der Waals surface area (Å²) >= 11 is 0. The van der Waals surface area contributed by atoms with E-state index in [-0.39, 0.29) is 12.2 Å². The Morgan fingerprint density at radius 1 is 1.22 bits per heavy atom. The Bertz CT molecular complexity index is 795. The van der Waals surface area contributed by atoms with Crippen molar-refractivity contribution in [3.05, 3.63) is 36.0 Å². The molecule has 146 valence electrons. The molecular formula is C19H26N4O4. The van der Waals surface area contributed by atoms with Gasteiger partial charge in [-0.15, -0.1) is 0 Å². The number of hydrogen-bond acceptors (Lipinski definition) is 6. The highest BCUT2D eigenvalue weighted by Gasteiger charge is 2.19. The molecule has 1 aliphatic heterocycles. The molecule has 0 unspecified atom stereocenters. The molecule has 1 aromatic heterocycles. The predicted octanol–water partition coefficient (Wildman–Crippen LogP) is 2.44. The van der Waals surface area contributed by atoms with E-state index < -0.39 is 0 Å². The zero-order chi connectivity index (χ0) is 19.3. The summed E-state index contributed by atoms with van der Waals surface area (Å²) in [5, 5.41) is 6.36. The van der Waals surface area contributed by atoms with Crippen LogP contribution in [0.2, 0.25) is 0 Å². The molecule has 8 nitrogen and oxygen atoms in total. The minimum absolute atomic E-state index is 0.0583. The molecule has 2 heterocycles. The standard InChI is InChI=1S/C19H26N4O4/c1-19(2,3)16-10-22-17(27-16)11-23-18(20-4)21-7-8-24-13-5-6-14-15(9-13)26-12-25-14/h5-6,9-10H,7-8,11-12H2,1-4H3,(H2,20,21,23). The second-order valence-corrected chi connectivity index (χ2v) is 7.08. The molecule has 2 aromatic rings. The van der Waals surface area contributed by atoms with Crippen LogP contribution >= 0.6 is 0 Å². The van der Waals surface area contributed by atoms with E-state index in [0.29, 0.717) is 37.3 Å². The normalized spacial score (nSPS) is 13.6. The average Bonchev–Trinajstić information content (AvgIpc) is 3.29. The number of guanidine groups is 1. The number of aromatic nitrogens is 1. The summed E-state index contributed by atoms with van der Waals surface area (Å²) in [5.74, 6) is 4.32. The molecule has 0 fully saturated rings. The van der Waals surface area contributed by atoms with Crippen LogP contribution in [-0.2, 0) is 12.0 Å². The van der Waals surface area contributed by atoms with Crippen LogP contribution in [0.15, 0.2) is 33.8 Å². The van der Waals surface area contributed by atoms with Gasteiger partial charge in [0.05, 0.1) is 19.3 Å². The van der Waals surface area contributed by atoms with E-state index in [1.54, 1.807) is 13.2 Å². The van der Waals surface area contributed by atoms with Crippen LogP contribution in [0.5, 0.6) is 17.2 Å². The van der Waals surface area contributed by atoms with E-state index in [1.165, 1.54) is 0 Å². The number of rotatable bonds is 6. The first-order valence-corrected chi connectivity index (χ1v) is 8.88. The second kappa shape index (κ2) is 8.20. The fraction of sp³-hybridized carbons (Fsp3) is 0.474. The van der Waals surface area contributed by atoms with Crippen LogP contribution in [0.3, 0.4) is 0 Å². The topological polar surface area (TPSA) is 90.1 Å². The quantitative estimate of drug-likeness (QED) is 0.456. The molecule has 27 heavy (non-hydrogen) atoms. The van der Waals surface area contributed by atoms with Crippen molar-refractivity contribution in [2.24, 2.45) is 4.99 Å². The number of benzene rings is 1. The molecule has 0 saturated heterocycles. The number of aliphatic imine (C=N–C) groups is 1. The van der Waals surface area contributed by atoms with E-state index in [9.17, 15) is 0 Å². The van der Waals surface area contributed by atoms with Crippen molar-refractivity contribution in [2.75, 3.05) is 27.0 Å². The molecule has 8 heteroatoms. The Hall–Kier alpha value is -2.90. The molecule has 2 N–H and O–H groups in total. The van der Waals surface area contributed by atoms with Gasteiger partial charge in [-0.05, 0) is 12.1 Å². The number of nitrogens with one attached hydrogen (secondary N) is 2. The van der Waals surface area contributed by atoms with E-state index in [0.717, 1.165) is 17.3 Å². The van der Waals surface area contributed by atoms with Gasteiger partial charge < -0.3 is 29.3 Å². The van der Waals surface area contributed by atoms with Crippen molar-refractivity contribution in [2.45, 2.75) is 32.7 Å². The average molecular weight is 374 g/mol. The zero-order valence-corrected chi connectivity index (χ0v) is 16.2. The van der Waals surface area contributed by atoms with E-state index >= 15 is 0 Å². The van der Waals surface area contributed by atoms with Crippen molar-refractivity contribution in [1.82, 2.24) is 15.6 Å². The Morgan fingerprint density at radius 3 is 2.78 bits per heavy atom. The summed E-state index contributed by atoms with van der Waals surface area (Å²) in [6.45, 7) is 8.05. The molecule has 1 aliphatic rings. The molecule has 0 aliphatic carbocycles. The van der Waals surface area contributed by atoms with Gasteiger partial charge in [-0.3, -0.25) is 4.99 Å². The monoisotopic (exact) mass is 374 g/mol. The van der Waals surface area contributed by atoms with E-state index in [4.69, 9.17) is 18.6 Å². The summed E-state index contributed by atoms with van der Waals surface area (Å²) < 4.78 is 22.1. The highest BCUT2D eigenvalue weighted by molar-refractivity contribution is 5.79. The lowest BCUT2D eigenvalue weighted by Gasteiger charge is -2.13. The lowest BCUT2D eigenvalue weighted by Crippen LogP contribution is -2.38. The Morgan fingerprint density at radius 2 is 2.04 bits per heavy atom. The minimum atomic E-state index is -0.0583. The van der Waals surface area contributed by atoms with Crippen LogP contribution in [0.1, 0.15) is 32.4 Å². The maximum Gasteiger partial charge on any atom is 0.231 e. The fourth-order valence-electron chi connectivity index (χ4n) is 2.42. The third kappa shape index (κ3) is 5.06. The van der Waals surface area contributed by atoms with E-state index in [2.05, 4.69) is 41.4 Å². The summed E-state index contributed by atoms with van der Waals surface area (Å²) in [6.07, 6.45) is 1.77. The van der Waals surface area contributed by atoms with Gasteiger partial charge in [-0.25, -0.2) is 4.98 Å². The van der Waals surface area contributed by atoms with Gasteiger partial charge in [0.15, 0.2) is 17.5 Å². The lowest BCUT2D eigenvalue weighted by atomic mass is 9.94. The number of oxazole rings is 1. The first kappa shape index (κ1) is 18.9. The second-order valence-electron chi connectivity index (χ2n) is 7.08. The highest BCUT2D eigenvalue weighted by atomic mass is 16.7. The third-order valence-corrected chi connectivity index (χ3v) is 3.93. The first-order valence-electron chi connectivity index (χ1n) is 8.88. The fourth-order valence-corrected chi connectivity index (χ4v) is 2.42. The van der Waals surface area contributed by atoms with Gasteiger partial charge in [0.2, 0.25) is 12.7 Å². The maximum atomic E-state index is 5.76. The third-order valence-electron chi connectivity index (χ3n) is 3.93. The van der Waals surface area contributed by atoms with Gasteiger partial charge in [0.1, 0.15) is 18.1 Å². The number of fused-ring (bicyclic) bond motifs is 1. The van der Waals surface area contributed by atoms with Crippen molar-refractivity contribution in [3.63, 3.8) is 0 Å². The van der Waals surface area contributed by atoms with Crippen molar-refractivity contribution >= 4 is 5.96 Å². The zero-order valence-electron chi connectivity index (χ0n) is 16.2. The summed E-state index contributed by atoms with van der Waals surface area (Å²) in [5.41, 5.74) is -0.0583. The van der Waals surface area contributed by atoms with Crippen molar-refractivity contribution < 1.29 is 18.6 Å². The molecule has 0 radical (unpaired) electrons. The Balaban J connectivity index is 1.40. The summed E-state index contributed by atoms with van der Waals surface area (Å²) in [4.78, 5) is 8.48. The first-order chi connectivity index (χ1) is 13.0. The molecule has 0 saturated carbocycles. The Labute approximate surface area is 158 Å². The number of nitrogens with zero attached hydrogens (tertiary/aromatic N) is 2. The molecule has 1 aromatic carbocycles. The predicted molar refractivity (Wildman–Crippen MR) is 101 cm³/mol. The van der Waals surface area contributed by atoms with Crippen LogP contribution in [0.4, 0.5) is 0 Å². The smallest absolute Gasteiger partial charge is 0.231 e. The molecule has 0 bridgehead atoms. The molecule has 0 amide bonds. The van der Waals surface area contributed by atoms with Crippen LogP contribution in [0.25, 0.3) is 0 Å². The van der Waals surface area contributed by atoms with Gasteiger partial charge in [0, 0.05) is 18.5 Å². The van der Waals surface area contributed by atoms with Gasteiger partial charge >= 0.3 is 0 Å².